The third kappa shape index (κ3) is 4.46. The Kier molecular flexibility index (Phi) is 6.43. The van der Waals surface area contributed by atoms with E-state index in [1.807, 2.05) is 12.1 Å². The standard InChI is InChI=1S/C22H25N/c1-4-6-9-14-19(3)22(5-2)23(20-15-10-7-11-16-20)21-17-12-8-13-18-21/h4-8,10-13,15-18H,3,9,14H2,1-2H3/b6-4+,22-5+. The number of rotatable bonds is 7. The van der Waals surface area contributed by atoms with Crippen LogP contribution in [0.4, 0.5) is 11.4 Å². The summed E-state index contributed by atoms with van der Waals surface area (Å²) in [6, 6.07) is 20.9. The maximum atomic E-state index is 4.33. The van der Waals surface area contributed by atoms with Crippen molar-refractivity contribution in [2.45, 2.75) is 26.7 Å². The van der Waals surface area contributed by atoms with Crippen molar-refractivity contribution < 1.29 is 0 Å². The molecule has 0 spiro atoms. The first-order valence-electron chi connectivity index (χ1n) is 8.13. The first-order valence-corrected chi connectivity index (χ1v) is 8.13. The van der Waals surface area contributed by atoms with Crippen LogP contribution in [0.3, 0.4) is 0 Å². The Hall–Kier alpha value is -2.54. The van der Waals surface area contributed by atoms with Gasteiger partial charge in [0.1, 0.15) is 0 Å². The van der Waals surface area contributed by atoms with Crippen molar-refractivity contribution in [2.24, 2.45) is 0 Å². The van der Waals surface area contributed by atoms with Crippen molar-refractivity contribution in [1.82, 2.24) is 0 Å². The molecule has 118 valence electrons. The lowest BCUT2D eigenvalue weighted by Gasteiger charge is -2.29. The van der Waals surface area contributed by atoms with Gasteiger partial charge in [-0.05, 0) is 56.5 Å². The largest absolute Gasteiger partial charge is 0.311 e. The minimum Gasteiger partial charge on any atom is -0.311 e. The molecule has 0 bridgehead atoms. The van der Waals surface area contributed by atoms with Gasteiger partial charge in [-0.2, -0.15) is 0 Å². The lowest BCUT2D eigenvalue weighted by Crippen LogP contribution is -2.17. The average molecular weight is 303 g/mol. The Bertz CT molecular complexity index is 626. The molecular formula is C22H25N. The van der Waals surface area contributed by atoms with Gasteiger partial charge in [0.2, 0.25) is 0 Å². The fraction of sp³-hybridized carbons (Fsp3) is 0.182. The second-order valence-corrected chi connectivity index (χ2v) is 5.39. The van der Waals surface area contributed by atoms with E-state index in [0.29, 0.717) is 0 Å². The van der Waals surface area contributed by atoms with Gasteiger partial charge in [-0.3, -0.25) is 0 Å². The molecule has 0 aliphatic rings. The van der Waals surface area contributed by atoms with E-state index >= 15 is 0 Å². The van der Waals surface area contributed by atoms with Crippen molar-refractivity contribution in [3.05, 3.63) is 96.7 Å². The van der Waals surface area contributed by atoms with Crippen LogP contribution in [0.5, 0.6) is 0 Å². The molecule has 0 unspecified atom stereocenters. The second-order valence-electron chi connectivity index (χ2n) is 5.39. The molecule has 0 fully saturated rings. The SMILES string of the molecule is C=C(CC/C=C/C)/C(=C\C)N(c1ccccc1)c1ccccc1. The van der Waals surface area contributed by atoms with Crippen LogP contribution < -0.4 is 4.90 Å². The number of hydrogen-bond acceptors (Lipinski definition) is 1. The number of hydrogen-bond donors (Lipinski definition) is 0. The fourth-order valence-corrected chi connectivity index (χ4v) is 2.63. The number of nitrogens with zero attached hydrogens (tertiary/aromatic N) is 1. The van der Waals surface area contributed by atoms with Crippen LogP contribution in [0, 0.1) is 0 Å². The van der Waals surface area contributed by atoms with Crippen molar-refractivity contribution >= 4 is 11.4 Å². The van der Waals surface area contributed by atoms with E-state index < -0.39 is 0 Å². The highest BCUT2D eigenvalue weighted by Crippen LogP contribution is 2.33. The zero-order chi connectivity index (χ0) is 16.5. The van der Waals surface area contributed by atoms with Gasteiger partial charge in [-0.1, -0.05) is 61.2 Å². The van der Waals surface area contributed by atoms with Crippen LogP contribution >= 0.6 is 0 Å². The van der Waals surface area contributed by atoms with E-state index in [9.17, 15) is 0 Å². The van der Waals surface area contributed by atoms with Gasteiger partial charge in [0.25, 0.3) is 0 Å². The molecule has 0 aliphatic heterocycles. The number of para-hydroxylation sites is 2. The molecule has 0 aromatic heterocycles. The first-order chi connectivity index (χ1) is 11.3. The third-order valence-electron chi connectivity index (χ3n) is 3.75. The maximum absolute atomic E-state index is 4.33. The minimum absolute atomic E-state index is 0.959. The van der Waals surface area contributed by atoms with Crippen LogP contribution in [-0.4, -0.2) is 0 Å². The summed E-state index contributed by atoms with van der Waals surface area (Å²) in [5.41, 5.74) is 4.61. The zero-order valence-corrected chi connectivity index (χ0v) is 14.1. The van der Waals surface area contributed by atoms with E-state index in [1.165, 1.54) is 0 Å². The van der Waals surface area contributed by atoms with Crippen LogP contribution in [0.25, 0.3) is 0 Å². The van der Waals surface area contributed by atoms with Crippen LogP contribution in [0.2, 0.25) is 0 Å². The Morgan fingerprint density at radius 3 is 1.87 bits per heavy atom. The minimum atomic E-state index is 0.959. The highest BCUT2D eigenvalue weighted by Gasteiger charge is 2.15. The van der Waals surface area contributed by atoms with Crippen molar-refractivity contribution in [3.8, 4) is 0 Å². The second kappa shape index (κ2) is 8.79. The molecule has 23 heavy (non-hydrogen) atoms. The molecule has 1 heteroatoms. The number of benzene rings is 2. The monoisotopic (exact) mass is 303 g/mol. The van der Waals surface area contributed by atoms with Crippen molar-refractivity contribution in [2.75, 3.05) is 4.90 Å². The molecule has 2 aromatic carbocycles. The van der Waals surface area contributed by atoms with E-state index in [1.54, 1.807) is 0 Å². The van der Waals surface area contributed by atoms with Gasteiger partial charge in [-0.15, -0.1) is 0 Å². The summed E-state index contributed by atoms with van der Waals surface area (Å²) < 4.78 is 0. The molecule has 1 nitrogen and oxygen atoms in total. The predicted octanol–water partition coefficient (Wildman–Crippen LogP) is 6.64. The highest BCUT2D eigenvalue weighted by molar-refractivity contribution is 5.70. The Balaban J connectivity index is 2.38. The van der Waals surface area contributed by atoms with Gasteiger partial charge >= 0.3 is 0 Å². The third-order valence-corrected chi connectivity index (χ3v) is 3.75. The summed E-state index contributed by atoms with van der Waals surface area (Å²) in [4.78, 5) is 2.28. The van der Waals surface area contributed by atoms with E-state index in [4.69, 9.17) is 0 Å². The fourth-order valence-electron chi connectivity index (χ4n) is 2.63. The summed E-state index contributed by atoms with van der Waals surface area (Å²) in [5, 5.41) is 0. The molecule has 2 aromatic rings. The topological polar surface area (TPSA) is 3.24 Å². The molecule has 0 atom stereocenters. The molecule has 0 radical (unpaired) electrons. The Morgan fingerprint density at radius 1 is 0.913 bits per heavy atom. The van der Waals surface area contributed by atoms with Gasteiger partial charge in [0.15, 0.2) is 0 Å². The van der Waals surface area contributed by atoms with E-state index in [-0.39, 0.29) is 0 Å². The molecule has 0 aliphatic carbocycles. The molecule has 0 heterocycles. The van der Waals surface area contributed by atoms with E-state index in [0.717, 1.165) is 35.5 Å². The summed E-state index contributed by atoms with van der Waals surface area (Å²) >= 11 is 0. The van der Waals surface area contributed by atoms with Gasteiger partial charge < -0.3 is 4.90 Å². The first kappa shape index (κ1) is 16.8. The summed E-state index contributed by atoms with van der Waals surface area (Å²) in [6.45, 7) is 8.46. The Labute approximate surface area is 140 Å². The molecule has 0 amide bonds. The summed E-state index contributed by atoms with van der Waals surface area (Å²) in [6.07, 6.45) is 8.41. The van der Waals surface area contributed by atoms with E-state index in [2.05, 4.69) is 92.1 Å². The summed E-state index contributed by atoms with van der Waals surface area (Å²) in [5.74, 6) is 0. The van der Waals surface area contributed by atoms with Crippen LogP contribution in [-0.2, 0) is 0 Å². The number of anilines is 2. The normalized spacial score (nSPS) is 11.7. The lowest BCUT2D eigenvalue weighted by molar-refractivity contribution is 0.966. The molecular weight excluding hydrogens is 278 g/mol. The maximum Gasteiger partial charge on any atom is 0.0461 e. The molecule has 0 N–H and O–H groups in total. The molecule has 2 rings (SSSR count). The van der Waals surface area contributed by atoms with Gasteiger partial charge in [-0.25, -0.2) is 0 Å². The van der Waals surface area contributed by atoms with Gasteiger partial charge in [0, 0.05) is 17.1 Å². The molecule has 0 saturated heterocycles. The average Bonchev–Trinajstić information content (AvgIpc) is 2.61. The van der Waals surface area contributed by atoms with Crippen molar-refractivity contribution in [3.63, 3.8) is 0 Å². The van der Waals surface area contributed by atoms with Crippen LogP contribution in [0.15, 0.2) is 96.7 Å². The summed E-state index contributed by atoms with van der Waals surface area (Å²) in [7, 11) is 0. The smallest absolute Gasteiger partial charge is 0.0461 e. The Morgan fingerprint density at radius 2 is 1.43 bits per heavy atom. The molecule has 0 saturated carbocycles. The quantitative estimate of drug-likeness (QED) is 0.409. The highest BCUT2D eigenvalue weighted by atomic mass is 15.1. The lowest BCUT2D eigenvalue weighted by atomic mass is 10.0. The van der Waals surface area contributed by atoms with Crippen LogP contribution in [0.1, 0.15) is 26.7 Å². The van der Waals surface area contributed by atoms with Crippen molar-refractivity contribution in [1.29, 1.82) is 0 Å². The number of allylic oxidation sites excluding steroid dienone is 4. The zero-order valence-electron chi connectivity index (χ0n) is 14.1. The predicted molar refractivity (Wildman–Crippen MR) is 102 cm³/mol. The van der Waals surface area contributed by atoms with Gasteiger partial charge in [0.05, 0.1) is 0 Å².